The van der Waals surface area contributed by atoms with Crippen molar-refractivity contribution in [2.75, 3.05) is 0 Å². The molecule has 0 unspecified atom stereocenters. The SMILES string of the molecule is Cc1cc(-c2ccc(-c3ccc(-c4cc(-c5nc(-c6ccccc6)cc(-c6ccccc6)n5)cc(-c5c6ccccc6cc6ccccc56)c4)cc3)cc2)cc(C)n1. The first-order chi connectivity index (χ1) is 28.5. The highest BCUT2D eigenvalue weighted by atomic mass is 14.9. The molecule has 0 radical (unpaired) electrons. The predicted molar refractivity (Wildman–Crippen MR) is 242 cm³/mol. The first-order valence-corrected chi connectivity index (χ1v) is 19.8. The fraction of sp³-hybridized carbons (Fsp3) is 0.0364. The van der Waals surface area contributed by atoms with Gasteiger partial charge in [0.15, 0.2) is 5.82 Å². The highest BCUT2D eigenvalue weighted by molar-refractivity contribution is 6.13. The molecule has 10 aromatic rings. The van der Waals surface area contributed by atoms with Gasteiger partial charge in [-0.25, -0.2) is 9.97 Å². The van der Waals surface area contributed by atoms with Gasteiger partial charge >= 0.3 is 0 Å². The van der Waals surface area contributed by atoms with Gasteiger partial charge in [0, 0.05) is 28.1 Å². The van der Waals surface area contributed by atoms with Gasteiger partial charge in [-0.05, 0) is 122 Å². The molecular weight excluding hydrogens is 703 g/mol. The summed E-state index contributed by atoms with van der Waals surface area (Å²) < 4.78 is 0. The van der Waals surface area contributed by atoms with Gasteiger partial charge in [0.1, 0.15) is 0 Å². The molecule has 0 spiro atoms. The lowest BCUT2D eigenvalue weighted by atomic mass is 9.89. The molecule has 3 heteroatoms. The maximum atomic E-state index is 5.27. The third-order valence-electron chi connectivity index (χ3n) is 11.0. The Morgan fingerprint density at radius 2 is 0.672 bits per heavy atom. The zero-order chi connectivity index (χ0) is 39.0. The molecule has 0 atom stereocenters. The Kier molecular flexibility index (Phi) is 8.96. The molecular formula is C55H39N3. The van der Waals surface area contributed by atoms with E-state index in [9.17, 15) is 0 Å². The van der Waals surface area contributed by atoms with Gasteiger partial charge in [0.25, 0.3) is 0 Å². The molecule has 0 aliphatic rings. The van der Waals surface area contributed by atoms with Crippen LogP contribution in [-0.2, 0) is 0 Å². The quantitative estimate of drug-likeness (QED) is 0.153. The lowest BCUT2D eigenvalue weighted by Crippen LogP contribution is -1.97. The Morgan fingerprint density at radius 3 is 1.17 bits per heavy atom. The lowest BCUT2D eigenvalue weighted by Gasteiger charge is -2.16. The fourth-order valence-electron chi connectivity index (χ4n) is 8.19. The third kappa shape index (κ3) is 6.84. The van der Waals surface area contributed by atoms with Gasteiger partial charge in [-0.3, -0.25) is 4.98 Å². The van der Waals surface area contributed by atoms with E-state index in [1.807, 2.05) is 26.0 Å². The Morgan fingerprint density at radius 1 is 0.276 bits per heavy atom. The second kappa shape index (κ2) is 14.9. The smallest absolute Gasteiger partial charge is 0.160 e. The molecule has 0 aliphatic carbocycles. The lowest BCUT2D eigenvalue weighted by molar-refractivity contribution is 1.12. The molecule has 0 N–H and O–H groups in total. The minimum Gasteiger partial charge on any atom is -0.258 e. The van der Waals surface area contributed by atoms with Gasteiger partial charge < -0.3 is 0 Å². The van der Waals surface area contributed by atoms with Gasteiger partial charge in [0.05, 0.1) is 11.4 Å². The minimum atomic E-state index is 0.684. The summed E-state index contributed by atoms with van der Waals surface area (Å²) in [4.78, 5) is 15.1. The largest absolute Gasteiger partial charge is 0.258 e. The molecule has 0 bridgehead atoms. The van der Waals surface area contributed by atoms with E-state index in [4.69, 9.17) is 9.97 Å². The summed E-state index contributed by atoms with van der Waals surface area (Å²) in [5, 5.41) is 4.84. The number of aromatic nitrogens is 3. The predicted octanol–water partition coefficient (Wildman–Crippen LogP) is 14.5. The van der Waals surface area contributed by atoms with Crippen LogP contribution in [0.3, 0.4) is 0 Å². The van der Waals surface area contributed by atoms with E-state index in [-0.39, 0.29) is 0 Å². The molecule has 0 fully saturated rings. The van der Waals surface area contributed by atoms with Crippen LogP contribution < -0.4 is 0 Å². The molecule has 3 nitrogen and oxygen atoms in total. The summed E-state index contributed by atoms with van der Waals surface area (Å²) in [6, 6.07) is 71.4. The highest BCUT2D eigenvalue weighted by Gasteiger charge is 2.17. The van der Waals surface area contributed by atoms with Crippen molar-refractivity contribution in [3.63, 3.8) is 0 Å². The van der Waals surface area contributed by atoms with E-state index in [0.717, 1.165) is 56.2 Å². The van der Waals surface area contributed by atoms with Crippen LogP contribution in [0.5, 0.6) is 0 Å². The summed E-state index contributed by atoms with van der Waals surface area (Å²) in [6.45, 7) is 4.10. The number of benzene rings is 8. The van der Waals surface area contributed by atoms with E-state index in [1.54, 1.807) is 0 Å². The standard InChI is InChI=1S/C55H39N3/c1-36-29-46(30-37(2)56-36)40-25-21-38(22-26-40)39-23-27-41(28-24-39)47-32-48(54-50-19-11-9-17-44(50)31-45-18-10-12-20-51(45)54)34-49(33-47)55-57-52(42-13-5-3-6-14-42)35-53(58-55)43-15-7-4-8-16-43/h3-35H,1-2H3. The number of fused-ring (bicyclic) bond motifs is 2. The van der Waals surface area contributed by atoms with Gasteiger partial charge in [-0.2, -0.15) is 0 Å². The van der Waals surface area contributed by atoms with Crippen molar-refractivity contribution in [2.45, 2.75) is 13.8 Å². The molecule has 58 heavy (non-hydrogen) atoms. The molecule has 10 rings (SSSR count). The van der Waals surface area contributed by atoms with Crippen LogP contribution >= 0.6 is 0 Å². The average Bonchev–Trinajstić information content (AvgIpc) is 3.28. The Bertz CT molecular complexity index is 2970. The van der Waals surface area contributed by atoms with E-state index in [2.05, 4.69) is 193 Å². The molecule has 8 aromatic carbocycles. The maximum Gasteiger partial charge on any atom is 0.160 e. The van der Waals surface area contributed by atoms with Crippen molar-refractivity contribution in [1.82, 2.24) is 15.0 Å². The van der Waals surface area contributed by atoms with Gasteiger partial charge in [-0.15, -0.1) is 0 Å². The van der Waals surface area contributed by atoms with Crippen molar-refractivity contribution in [2.24, 2.45) is 0 Å². The summed E-state index contributed by atoms with van der Waals surface area (Å²) in [5.74, 6) is 0.684. The number of hydrogen-bond acceptors (Lipinski definition) is 3. The zero-order valence-electron chi connectivity index (χ0n) is 32.4. The first kappa shape index (κ1) is 35.0. The second-order valence-corrected chi connectivity index (χ2v) is 15.0. The molecule has 2 heterocycles. The molecule has 2 aromatic heterocycles. The van der Waals surface area contributed by atoms with Crippen molar-refractivity contribution in [3.05, 3.63) is 212 Å². The highest BCUT2D eigenvalue weighted by Crippen LogP contribution is 2.41. The number of rotatable bonds is 7. The number of aryl methyl sites for hydroxylation is 2. The molecule has 0 saturated carbocycles. The maximum absolute atomic E-state index is 5.27. The van der Waals surface area contributed by atoms with Crippen LogP contribution in [0.25, 0.3) is 100.0 Å². The summed E-state index contributed by atoms with van der Waals surface area (Å²) >= 11 is 0. The van der Waals surface area contributed by atoms with E-state index in [0.29, 0.717) is 5.82 Å². The minimum absolute atomic E-state index is 0.684. The number of pyridine rings is 1. The Hall–Kier alpha value is -7.49. The summed E-state index contributed by atoms with van der Waals surface area (Å²) in [7, 11) is 0. The van der Waals surface area contributed by atoms with Crippen LogP contribution in [0, 0.1) is 13.8 Å². The Labute approximate surface area is 339 Å². The van der Waals surface area contributed by atoms with E-state index < -0.39 is 0 Å². The summed E-state index contributed by atoms with van der Waals surface area (Å²) in [5.41, 5.74) is 16.2. The normalized spacial score (nSPS) is 11.3. The zero-order valence-corrected chi connectivity index (χ0v) is 32.4. The van der Waals surface area contributed by atoms with Crippen LogP contribution in [0.4, 0.5) is 0 Å². The fourth-order valence-corrected chi connectivity index (χ4v) is 8.19. The summed E-state index contributed by atoms with van der Waals surface area (Å²) in [6.07, 6.45) is 0. The van der Waals surface area contributed by atoms with Crippen LogP contribution in [0.15, 0.2) is 200 Å². The molecule has 0 saturated heterocycles. The van der Waals surface area contributed by atoms with Crippen LogP contribution in [0.2, 0.25) is 0 Å². The van der Waals surface area contributed by atoms with Gasteiger partial charge in [0.2, 0.25) is 0 Å². The van der Waals surface area contributed by atoms with Gasteiger partial charge in [-0.1, -0.05) is 158 Å². The molecule has 274 valence electrons. The van der Waals surface area contributed by atoms with Crippen molar-refractivity contribution < 1.29 is 0 Å². The third-order valence-corrected chi connectivity index (χ3v) is 11.0. The molecule has 0 amide bonds. The number of hydrogen-bond donors (Lipinski definition) is 0. The second-order valence-electron chi connectivity index (χ2n) is 15.0. The van der Waals surface area contributed by atoms with Crippen molar-refractivity contribution in [1.29, 1.82) is 0 Å². The first-order valence-electron chi connectivity index (χ1n) is 19.8. The Balaban J connectivity index is 1.14. The van der Waals surface area contributed by atoms with Crippen molar-refractivity contribution >= 4 is 21.5 Å². The molecule has 0 aliphatic heterocycles. The van der Waals surface area contributed by atoms with E-state index >= 15 is 0 Å². The monoisotopic (exact) mass is 741 g/mol. The van der Waals surface area contributed by atoms with Crippen LogP contribution in [0.1, 0.15) is 11.4 Å². The van der Waals surface area contributed by atoms with Crippen LogP contribution in [-0.4, -0.2) is 15.0 Å². The topological polar surface area (TPSA) is 38.7 Å². The van der Waals surface area contributed by atoms with Crippen molar-refractivity contribution in [3.8, 4) is 78.4 Å². The average molecular weight is 742 g/mol. The van der Waals surface area contributed by atoms with E-state index in [1.165, 1.54) is 49.4 Å². The number of nitrogens with zero attached hydrogens (tertiary/aromatic N) is 3.